The third kappa shape index (κ3) is 4.78. The van der Waals surface area contributed by atoms with Crippen LogP contribution in [0.25, 0.3) is 5.69 Å². The lowest BCUT2D eigenvalue weighted by molar-refractivity contribution is -0.116. The molecule has 5 rings (SSSR count). The van der Waals surface area contributed by atoms with Crippen LogP contribution < -0.4 is 10.6 Å². The highest BCUT2D eigenvalue weighted by Crippen LogP contribution is 2.39. The summed E-state index contributed by atoms with van der Waals surface area (Å²) in [6, 6.07) is 24.7. The van der Waals surface area contributed by atoms with Crippen molar-refractivity contribution >= 4 is 40.5 Å². The highest BCUT2D eigenvalue weighted by molar-refractivity contribution is 7.80. The lowest BCUT2D eigenvalue weighted by Crippen LogP contribution is -2.37. The largest absolute Gasteiger partial charge is 0.352 e. The van der Waals surface area contributed by atoms with E-state index in [0.29, 0.717) is 5.11 Å². The van der Waals surface area contributed by atoms with E-state index in [0.717, 1.165) is 33.3 Å². The highest BCUT2D eigenvalue weighted by atomic mass is 35.5. The average Bonchev–Trinajstić information content (AvgIpc) is 3.46. The number of para-hydroxylation sites is 1. The number of nitrogens with zero attached hydrogens (tertiary/aromatic N) is 3. The maximum Gasteiger partial charge on any atom is 0.244 e. The Kier molecular flexibility index (Phi) is 6.53. The second kappa shape index (κ2) is 9.90. The van der Waals surface area contributed by atoms with Crippen molar-refractivity contribution in [3.63, 3.8) is 0 Å². The Bertz CT molecular complexity index is 1360. The van der Waals surface area contributed by atoms with Gasteiger partial charge in [0, 0.05) is 34.5 Å². The molecule has 0 radical (unpaired) electrons. The number of pyridine rings is 1. The van der Waals surface area contributed by atoms with Crippen molar-refractivity contribution in [2.45, 2.75) is 19.0 Å². The third-order valence-corrected chi connectivity index (χ3v) is 6.85. The second-order valence-corrected chi connectivity index (χ2v) is 9.20. The number of amides is 1. The molecule has 176 valence electrons. The molecule has 6 nitrogen and oxygen atoms in total. The minimum Gasteiger partial charge on any atom is -0.352 e. The Morgan fingerprint density at radius 2 is 1.89 bits per heavy atom. The molecule has 0 spiro atoms. The van der Waals surface area contributed by atoms with Crippen LogP contribution in [0.3, 0.4) is 0 Å². The van der Waals surface area contributed by atoms with Gasteiger partial charge in [-0.25, -0.2) is 0 Å². The SMILES string of the molecule is Cc1cc(-n2cccc2[C@H]2[C@H](c3ccccn3)NC(=S)N2CC(=O)Nc2ccccc2)ccc1Cl. The molecule has 0 bridgehead atoms. The summed E-state index contributed by atoms with van der Waals surface area (Å²) in [6.45, 7) is 2.08. The minimum atomic E-state index is -0.259. The first-order chi connectivity index (χ1) is 17.0. The number of nitrogens with one attached hydrogen (secondary N) is 2. The molecule has 0 unspecified atom stereocenters. The fraction of sp³-hybridized carbons (Fsp3) is 0.148. The van der Waals surface area contributed by atoms with Crippen LogP contribution in [0.1, 0.15) is 29.0 Å². The zero-order valence-electron chi connectivity index (χ0n) is 19.1. The van der Waals surface area contributed by atoms with Gasteiger partial charge in [-0.2, -0.15) is 0 Å². The Labute approximate surface area is 214 Å². The summed E-state index contributed by atoms with van der Waals surface area (Å²) in [5, 5.41) is 7.60. The van der Waals surface area contributed by atoms with E-state index in [1.165, 1.54) is 0 Å². The summed E-state index contributed by atoms with van der Waals surface area (Å²) in [4.78, 5) is 19.6. The first kappa shape index (κ1) is 23.1. The molecule has 1 aliphatic rings. The van der Waals surface area contributed by atoms with E-state index in [4.69, 9.17) is 23.8 Å². The number of benzene rings is 2. The number of anilines is 1. The quantitative estimate of drug-likeness (QED) is 0.344. The highest BCUT2D eigenvalue weighted by Gasteiger charge is 2.42. The second-order valence-electron chi connectivity index (χ2n) is 8.41. The maximum absolute atomic E-state index is 13.0. The Hall–Kier alpha value is -3.68. The van der Waals surface area contributed by atoms with Crippen molar-refractivity contribution in [2.24, 2.45) is 0 Å². The first-order valence-electron chi connectivity index (χ1n) is 11.3. The molecule has 0 saturated carbocycles. The number of rotatable bonds is 6. The van der Waals surface area contributed by atoms with E-state index in [2.05, 4.69) is 32.3 Å². The summed E-state index contributed by atoms with van der Waals surface area (Å²) < 4.78 is 2.11. The van der Waals surface area contributed by atoms with Crippen LogP contribution in [0.5, 0.6) is 0 Å². The van der Waals surface area contributed by atoms with Crippen LogP contribution in [-0.2, 0) is 4.79 Å². The molecular weight excluding hydrogens is 478 g/mol. The summed E-state index contributed by atoms with van der Waals surface area (Å²) >= 11 is 12.0. The van der Waals surface area contributed by atoms with Crippen molar-refractivity contribution in [3.8, 4) is 5.69 Å². The zero-order chi connectivity index (χ0) is 24.4. The van der Waals surface area contributed by atoms with Gasteiger partial charge < -0.3 is 20.1 Å². The van der Waals surface area contributed by atoms with Gasteiger partial charge in [-0.1, -0.05) is 35.9 Å². The molecule has 35 heavy (non-hydrogen) atoms. The van der Waals surface area contributed by atoms with Crippen LogP contribution in [0.2, 0.25) is 5.02 Å². The van der Waals surface area contributed by atoms with E-state index in [1.807, 2.05) is 84.8 Å². The normalized spacial score (nSPS) is 17.3. The van der Waals surface area contributed by atoms with Crippen LogP contribution in [-0.4, -0.2) is 32.0 Å². The van der Waals surface area contributed by atoms with E-state index in [1.54, 1.807) is 6.20 Å². The van der Waals surface area contributed by atoms with Gasteiger partial charge in [0.05, 0.1) is 17.8 Å². The number of aromatic nitrogens is 2. The first-order valence-corrected chi connectivity index (χ1v) is 12.1. The van der Waals surface area contributed by atoms with Crippen molar-refractivity contribution in [3.05, 3.63) is 113 Å². The van der Waals surface area contributed by atoms with Gasteiger partial charge in [0.1, 0.15) is 6.54 Å². The Morgan fingerprint density at radius 3 is 2.63 bits per heavy atom. The van der Waals surface area contributed by atoms with Crippen LogP contribution >= 0.6 is 23.8 Å². The molecular formula is C27H24ClN5OS. The summed E-state index contributed by atoms with van der Waals surface area (Å²) in [5.74, 6) is -0.146. The van der Waals surface area contributed by atoms with E-state index in [-0.39, 0.29) is 24.5 Å². The molecule has 3 heterocycles. The number of halogens is 1. The summed E-state index contributed by atoms with van der Waals surface area (Å²) in [5.41, 5.74) is 4.56. The molecule has 2 N–H and O–H groups in total. The van der Waals surface area contributed by atoms with Gasteiger partial charge in [0.15, 0.2) is 5.11 Å². The smallest absolute Gasteiger partial charge is 0.244 e. The Balaban J connectivity index is 1.52. The van der Waals surface area contributed by atoms with Crippen LogP contribution in [0.15, 0.2) is 91.3 Å². The van der Waals surface area contributed by atoms with E-state index >= 15 is 0 Å². The van der Waals surface area contributed by atoms with Gasteiger partial charge in [-0.3, -0.25) is 9.78 Å². The predicted octanol–water partition coefficient (Wildman–Crippen LogP) is 5.45. The standard InChI is InChI=1S/C27H24ClN5OS/c1-18-16-20(12-13-21(18)28)32-15-7-11-23(32)26-25(22-10-5-6-14-29-22)31-27(35)33(26)17-24(34)30-19-8-3-2-4-9-19/h2-16,25-26H,17H2,1H3,(H,30,34)(H,31,35)/t25-,26-/m0/s1. The minimum absolute atomic E-state index is 0.0968. The lowest BCUT2D eigenvalue weighted by atomic mass is 10.0. The van der Waals surface area contributed by atoms with Gasteiger partial charge in [0.25, 0.3) is 0 Å². The molecule has 2 aromatic carbocycles. The fourth-order valence-corrected chi connectivity index (χ4v) is 4.85. The number of hydrogen-bond donors (Lipinski definition) is 2. The molecule has 8 heteroatoms. The van der Waals surface area contributed by atoms with Gasteiger partial charge in [-0.05, 0) is 79.3 Å². The van der Waals surface area contributed by atoms with Crippen LogP contribution in [0, 0.1) is 6.92 Å². The molecule has 1 saturated heterocycles. The monoisotopic (exact) mass is 501 g/mol. The molecule has 4 aromatic rings. The number of carbonyl (C=O) groups excluding carboxylic acids is 1. The molecule has 2 aromatic heterocycles. The summed E-state index contributed by atoms with van der Waals surface area (Å²) in [6.07, 6.45) is 3.78. The lowest BCUT2D eigenvalue weighted by Gasteiger charge is -2.28. The fourth-order valence-electron chi connectivity index (χ4n) is 4.42. The van der Waals surface area contributed by atoms with Gasteiger partial charge in [0.2, 0.25) is 5.91 Å². The van der Waals surface area contributed by atoms with Crippen LogP contribution in [0.4, 0.5) is 5.69 Å². The van der Waals surface area contributed by atoms with Crippen molar-refractivity contribution in [1.29, 1.82) is 0 Å². The molecule has 1 amide bonds. The molecule has 0 aliphatic carbocycles. The van der Waals surface area contributed by atoms with Gasteiger partial charge in [-0.15, -0.1) is 0 Å². The Morgan fingerprint density at radius 1 is 1.09 bits per heavy atom. The molecule has 1 fully saturated rings. The number of aryl methyl sites for hydroxylation is 1. The zero-order valence-corrected chi connectivity index (χ0v) is 20.6. The van der Waals surface area contributed by atoms with Crippen molar-refractivity contribution in [1.82, 2.24) is 19.8 Å². The average molecular weight is 502 g/mol. The molecule has 2 atom stereocenters. The third-order valence-electron chi connectivity index (χ3n) is 6.07. The van der Waals surface area contributed by atoms with Crippen molar-refractivity contribution in [2.75, 3.05) is 11.9 Å². The predicted molar refractivity (Wildman–Crippen MR) is 143 cm³/mol. The number of carbonyl (C=O) groups is 1. The number of thiocarbonyl (C=S) groups is 1. The maximum atomic E-state index is 13.0. The van der Waals surface area contributed by atoms with E-state index < -0.39 is 0 Å². The number of hydrogen-bond acceptors (Lipinski definition) is 3. The van der Waals surface area contributed by atoms with Crippen molar-refractivity contribution < 1.29 is 4.79 Å². The van der Waals surface area contributed by atoms with E-state index in [9.17, 15) is 4.79 Å². The summed E-state index contributed by atoms with van der Waals surface area (Å²) in [7, 11) is 0. The van der Waals surface area contributed by atoms with Gasteiger partial charge >= 0.3 is 0 Å². The topological polar surface area (TPSA) is 62.2 Å². The molecule has 1 aliphatic heterocycles.